The van der Waals surface area contributed by atoms with Crippen LogP contribution in [0.2, 0.25) is 0 Å². The van der Waals surface area contributed by atoms with Crippen LogP contribution in [0.25, 0.3) is 10.9 Å². The van der Waals surface area contributed by atoms with E-state index in [0.717, 1.165) is 54.4 Å². The quantitative estimate of drug-likeness (QED) is 0.663. The van der Waals surface area contributed by atoms with Crippen molar-refractivity contribution in [2.45, 2.75) is 13.1 Å². The van der Waals surface area contributed by atoms with Gasteiger partial charge in [0, 0.05) is 49.5 Å². The lowest BCUT2D eigenvalue weighted by molar-refractivity contribution is 0.122. The second-order valence-electron chi connectivity index (χ2n) is 6.73. The van der Waals surface area contributed by atoms with Gasteiger partial charge in [-0.05, 0) is 12.1 Å². The Morgan fingerprint density at radius 1 is 1.19 bits per heavy atom. The van der Waals surface area contributed by atoms with Crippen LogP contribution in [0.15, 0.2) is 42.7 Å². The monoisotopic (exact) mass is 367 g/mol. The van der Waals surface area contributed by atoms with Gasteiger partial charge in [0.1, 0.15) is 11.6 Å². The zero-order chi connectivity index (χ0) is 18.5. The van der Waals surface area contributed by atoms with E-state index in [9.17, 15) is 5.11 Å². The molecule has 7 nitrogen and oxygen atoms in total. The number of hydrogen-bond acceptors (Lipinski definition) is 6. The number of rotatable bonds is 7. The molecule has 142 valence electrons. The molecule has 0 amide bonds. The summed E-state index contributed by atoms with van der Waals surface area (Å²) < 4.78 is 5.51. The lowest BCUT2D eigenvalue weighted by Crippen LogP contribution is -2.38. The van der Waals surface area contributed by atoms with Crippen LogP contribution in [0.1, 0.15) is 11.4 Å². The number of pyridine rings is 1. The Hall–Kier alpha value is -2.48. The third kappa shape index (κ3) is 4.27. The highest BCUT2D eigenvalue weighted by Gasteiger charge is 2.19. The fraction of sp³-hybridized carbons (Fsp3) is 0.400. The molecule has 2 N–H and O–H groups in total. The lowest BCUT2D eigenvalue weighted by atomic mass is 10.1. The summed E-state index contributed by atoms with van der Waals surface area (Å²) >= 11 is 0. The number of para-hydroxylation sites is 1. The van der Waals surface area contributed by atoms with Gasteiger partial charge in [0.25, 0.3) is 0 Å². The van der Waals surface area contributed by atoms with Gasteiger partial charge >= 0.3 is 0 Å². The van der Waals surface area contributed by atoms with Crippen molar-refractivity contribution in [2.24, 2.45) is 0 Å². The van der Waals surface area contributed by atoms with Crippen molar-refractivity contribution in [3.8, 4) is 0 Å². The first-order valence-corrected chi connectivity index (χ1v) is 9.36. The van der Waals surface area contributed by atoms with Crippen molar-refractivity contribution in [1.82, 2.24) is 19.9 Å². The molecule has 1 saturated heterocycles. The molecule has 1 aliphatic heterocycles. The van der Waals surface area contributed by atoms with Crippen LogP contribution in [0.3, 0.4) is 0 Å². The molecule has 0 atom stereocenters. The first kappa shape index (κ1) is 17.9. The van der Waals surface area contributed by atoms with Crippen LogP contribution in [-0.4, -0.2) is 64.4 Å². The summed E-state index contributed by atoms with van der Waals surface area (Å²) in [7, 11) is 0. The second kappa shape index (κ2) is 8.47. The predicted octanol–water partition coefficient (Wildman–Crippen LogP) is 1.79. The number of ether oxygens (including phenoxy) is 1. The molecular formula is C20H25N5O2. The van der Waals surface area contributed by atoms with Crippen molar-refractivity contribution in [3.63, 3.8) is 0 Å². The van der Waals surface area contributed by atoms with E-state index in [-0.39, 0.29) is 6.61 Å². The topological polar surface area (TPSA) is 77.5 Å². The normalized spacial score (nSPS) is 15.0. The van der Waals surface area contributed by atoms with E-state index in [4.69, 9.17) is 9.72 Å². The van der Waals surface area contributed by atoms with E-state index >= 15 is 0 Å². The minimum Gasteiger partial charge on any atom is -0.395 e. The fourth-order valence-electron chi connectivity index (χ4n) is 3.51. The van der Waals surface area contributed by atoms with Crippen LogP contribution in [-0.2, 0) is 17.8 Å². The second-order valence-corrected chi connectivity index (χ2v) is 6.73. The number of benzene rings is 1. The van der Waals surface area contributed by atoms with E-state index in [1.807, 2.05) is 18.3 Å². The summed E-state index contributed by atoms with van der Waals surface area (Å²) in [5.74, 6) is 1.91. The maximum atomic E-state index is 9.52. The van der Waals surface area contributed by atoms with Gasteiger partial charge < -0.3 is 19.7 Å². The molecule has 4 rings (SSSR count). The van der Waals surface area contributed by atoms with Gasteiger partial charge in [0.2, 0.25) is 0 Å². The van der Waals surface area contributed by atoms with Gasteiger partial charge in [0.15, 0.2) is 0 Å². The summed E-state index contributed by atoms with van der Waals surface area (Å²) in [5.41, 5.74) is 2.16. The Morgan fingerprint density at radius 2 is 2.04 bits per heavy atom. The molecule has 3 heterocycles. The first-order valence-electron chi connectivity index (χ1n) is 9.36. The van der Waals surface area contributed by atoms with Crippen LogP contribution >= 0.6 is 0 Å². The number of hydrogen-bond donors (Lipinski definition) is 2. The Bertz CT molecular complexity index is 862. The molecule has 0 spiro atoms. The largest absolute Gasteiger partial charge is 0.395 e. The van der Waals surface area contributed by atoms with E-state index in [0.29, 0.717) is 19.6 Å². The number of aromatic nitrogens is 3. The Balaban J connectivity index is 1.66. The van der Waals surface area contributed by atoms with Crippen LogP contribution in [0.5, 0.6) is 0 Å². The molecule has 1 aromatic carbocycles. The van der Waals surface area contributed by atoms with Gasteiger partial charge in [-0.15, -0.1) is 0 Å². The zero-order valence-electron chi connectivity index (χ0n) is 15.3. The fourth-order valence-corrected chi connectivity index (χ4v) is 3.51. The maximum absolute atomic E-state index is 9.52. The number of aromatic amines is 1. The van der Waals surface area contributed by atoms with E-state index in [1.54, 1.807) is 6.20 Å². The highest BCUT2D eigenvalue weighted by Crippen LogP contribution is 2.26. The van der Waals surface area contributed by atoms with Gasteiger partial charge in [-0.3, -0.25) is 4.90 Å². The maximum Gasteiger partial charge on any atom is 0.133 e. The number of nitrogens with one attached hydrogen (secondary N) is 1. The third-order valence-electron chi connectivity index (χ3n) is 4.83. The van der Waals surface area contributed by atoms with E-state index in [2.05, 4.69) is 38.0 Å². The van der Waals surface area contributed by atoms with Crippen molar-refractivity contribution >= 4 is 16.7 Å². The number of fused-ring (bicyclic) bond motifs is 1. The van der Waals surface area contributed by atoms with E-state index in [1.165, 1.54) is 0 Å². The molecule has 2 aromatic heterocycles. The highest BCUT2D eigenvalue weighted by atomic mass is 16.5. The lowest BCUT2D eigenvalue weighted by Gasteiger charge is -2.31. The summed E-state index contributed by atoms with van der Waals surface area (Å²) in [6.45, 7) is 5.17. The number of nitrogens with zero attached hydrogens (tertiary/aromatic N) is 4. The van der Waals surface area contributed by atoms with Gasteiger partial charge in [0.05, 0.1) is 31.9 Å². The van der Waals surface area contributed by atoms with Crippen LogP contribution in [0, 0.1) is 0 Å². The average Bonchev–Trinajstić information content (AvgIpc) is 3.21. The SMILES string of the molecule is OCCN(Cc1ncc[nH]1)Cc1cc2ccccc2nc1N1CCOCC1. The number of H-pyrrole nitrogens is 1. The summed E-state index contributed by atoms with van der Waals surface area (Å²) in [6, 6.07) is 10.4. The minimum absolute atomic E-state index is 0.106. The summed E-state index contributed by atoms with van der Waals surface area (Å²) in [6.07, 6.45) is 3.58. The molecule has 1 fully saturated rings. The third-order valence-corrected chi connectivity index (χ3v) is 4.83. The number of aliphatic hydroxyl groups is 1. The van der Waals surface area contributed by atoms with Crippen LogP contribution in [0.4, 0.5) is 5.82 Å². The van der Waals surface area contributed by atoms with E-state index < -0.39 is 0 Å². The molecule has 7 heteroatoms. The smallest absolute Gasteiger partial charge is 0.133 e. The van der Waals surface area contributed by atoms with Crippen LogP contribution < -0.4 is 4.90 Å². The molecule has 0 unspecified atom stereocenters. The number of anilines is 1. The standard InChI is InChI=1S/C20H25N5O2/c26-10-7-24(15-19-21-5-6-22-19)14-17-13-16-3-1-2-4-18(16)23-20(17)25-8-11-27-12-9-25/h1-6,13,26H,7-12,14-15H2,(H,21,22). The van der Waals surface area contributed by atoms with Gasteiger partial charge in [-0.2, -0.15) is 0 Å². The molecular weight excluding hydrogens is 342 g/mol. The first-order chi connectivity index (χ1) is 13.3. The number of morpholine rings is 1. The number of imidazole rings is 1. The number of aliphatic hydroxyl groups excluding tert-OH is 1. The van der Waals surface area contributed by atoms with Crippen molar-refractivity contribution in [2.75, 3.05) is 44.4 Å². The van der Waals surface area contributed by atoms with Crippen molar-refractivity contribution in [1.29, 1.82) is 0 Å². The van der Waals surface area contributed by atoms with Crippen molar-refractivity contribution in [3.05, 3.63) is 54.1 Å². The molecule has 0 bridgehead atoms. The summed E-state index contributed by atoms with van der Waals surface area (Å²) in [4.78, 5) is 16.9. The molecule has 1 aliphatic rings. The Kier molecular flexibility index (Phi) is 5.62. The average molecular weight is 367 g/mol. The molecule has 0 radical (unpaired) electrons. The molecule has 0 aliphatic carbocycles. The molecule has 3 aromatic rings. The molecule has 27 heavy (non-hydrogen) atoms. The van der Waals surface area contributed by atoms with Gasteiger partial charge in [-0.1, -0.05) is 18.2 Å². The minimum atomic E-state index is 0.106. The predicted molar refractivity (Wildman–Crippen MR) is 105 cm³/mol. The molecule has 0 saturated carbocycles. The van der Waals surface area contributed by atoms with Crippen molar-refractivity contribution < 1.29 is 9.84 Å². The summed E-state index contributed by atoms with van der Waals surface area (Å²) in [5, 5.41) is 10.6. The zero-order valence-corrected chi connectivity index (χ0v) is 15.3. The highest BCUT2D eigenvalue weighted by molar-refractivity contribution is 5.81. The van der Waals surface area contributed by atoms with Gasteiger partial charge in [-0.25, -0.2) is 9.97 Å². The Morgan fingerprint density at radius 3 is 2.81 bits per heavy atom. The Labute approximate surface area is 158 Å².